The fraction of sp³-hybridized carbons (Fsp3) is 0.227. The number of amides is 1. The van der Waals surface area contributed by atoms with Crippen LogP contribution in [0.2, 0.25) is 0 Å². The fourth-order valence-corrected chi connectivity index (χ4v) is 4.44. The summed E-state index contributed by atoms with van der Waals surface area (Å²) in [6, 6.07) is 16.5. The molecule has 0 aliphatic rings. The molecule has 0 fully saturated rings. The lowest BCUT2D eigenvalue weighted by molar-refractivity contribution is -0.122. The van der Waals surface area contributed by atoms with E-state index in [1.807, 2.05) is 30.3 Å². The van der Waals surface area contributed by atoms with Gasteiger partial charge in [-0.05, 0) is 48.7 Å². The first-order chi connectivity index (χ1) is 14.4. The summed E-state index contributed by atoms with van der Waals surface area (Å²) < 4.78 is 39.2. The summed E-state index contributed by atoms with van der Waals surface area (Å²) in [5, 5.41) is 2.73. The van der Waals surface area contributed by atoms with E-state index in [4.69, 9.17) is 9.15 Å². The van der Waals surface area contributed by atoms with Gasteiger partial charge in [0.25, 0.3) is 0 Å². The molecule has 0 saturated heterocycles. The first-order valence-electron chi connectivity index (χ1n) is 9.40. The smallest absolute Gasteiger partial charge is 0.244 e. The summed E-state index contributed by atoms with van der Waals surface area (Å²) in [5.74, 6) is 0.332. The van der Waals surface area contributed by atoms with Gasteiger partial charge in [-0.15, -0.1) is 0 Å². The van der Waals surface area contributed by atoms with E-state index in [0.717, 1.165) is 11.1 Å². The normalized spacial score (nSPS) is 12.3. The minimum Gasteiger partial charge on any atom is -0.495 e. The molecule has 0 aliphatic carbocycles. The lowest BCUT2D eigenvalue weighted by atomic mass is 10.1. The second kappa shape index (κ2) is 9.60. The zero-order chi connectivity index (χ0) is 21.6. The van der Waals surface area contributed by atoms with Crippen molar-refractivity contribution in [2.45, 2.75) is 30.8 Å². The molecular weight excluding hydrogens is 404 g/mol. The highest BCUT2D eigenvalue weighted by Gasteiger charge is 2.28. The summed E-state index contributed by atoms with van der Waals surface area (Å²) in [6.07, 6.45) is 1.70. The molecule has 3 rings (SSSR count). The van der Waals surface area contributed by atoms with E-state index in [9.17, 15) is 13.2 Å². The van der Waals surface area contributed by atoms with Crippen molar-refractivity contribution in [3.05, 3.63) is 83.8 Å². The van der Waals surface area contributed by atoms with Gasteiger partial charge in [0, 0.05) is 0 Å². The molecule has 30 heavy (non-hydrogen) atoms. The molecule has 1 atom stereocenters. The molecule has 1 amide bonds. The Morgan fingerprint density at radius 2 is 1.87 bits per heavy atom. The summed E-state index contributed by atoms with van der Waals surface area (Å²) in [7, 11) is -2.62. The number of aryl methyl sites for hydroxylation is 1. The van der Waals surface area contributed by atoms with Gasteiger partial charge in [0.15, 0.2) is 0 Å². The average Bonchev–Trinajstić information content (AvgIpc) is 3.26. The van der Waals surface area contributed by atoms with Gasteiger partial charge in [0.2, 0.25) is 15.9 Å². The van der Waals surface area contributed by atoms with Gasteiger partial charge in [-0.1, -0.05) is 36.4 Å². The van der Waals surface area contributed by atoms with Crippen LogP contribution in [-0.2, 0) is 27.8 Å². The summed E-state index contributed by atoms with van der Waals surface area (Å²) in [5.41, 5.74) is 1.59. The maximum atomic E-state index is 13.1. The van der Waals surface area contributed by atoms with Gasteiger partial charge < -0.3 is 14.5 Å². The molecule has 0 spiro atoms. The predicted octanol–water partition coefficient (Wildman–Crippen LogP) is 2.80. The Balaban J connectivity index is 1.85. The molecular formula is C22H24N2O5S. The van der Waals surface area contributed by atoms with Crippen LogP contribution in [0.25, 0.3) is 0 Å². The number of nitrogens with one attached hydrogen (secondary N) is 2. The van der Waals surface area contributed by atoms with Crippen molar-refractivity contribution in [1.82, 2.24) is 10.0 Å². The van der Waals surface area contributed by atoms with Crippen molar-refractivity contribution in [3.63, 3.8) is 0 Å². The second-order valence-corrected chi connectivity index (χ2v) is 8.50. The van der Waals surface area contributed by atoms with E-state index in [2.05, 4.69) is 10.0 Å². The molecule has 1 aromatic heterocycles. The molecule has 0 bridgehead atoms. The Hall–Kier alpha value is -3.10. The van der Waals surface area contributed by atoms with Gasteiger partial charge in [-0.25, -0.2) is 8.42 Å². The van der Waals surface area contributed by atoms with E-state index in [1.54, 1.807) is 31.2 Å². The maximum absolute atomic E-state index is 13.1. The molecule has 0 saturated carbocycles. The Labute approximate surface area is 176 Å². The van der Waals surface area contributed by atoms with Crippen LogP contribution in [0.5, 0.6) is 5.75 Å². The number of furan rings is 1. The number of rotatable bonds is 9. The largest absolute Gasteiger partial charge is 0.495 e. The lowest BCUT2D eigenvalue weighted by Crippen LogP contribution is -2.47. The van der Waals surface area contributed by atoms with Crippen LogP contribution in [-0.4, -0.2) is 27.5 Å². The Morgan fingerprint density at radius 1 is 1.10 bits per heavy atom. The molecule has 2 N–H and O–H groups in total. The monoisotopic (exact) mass is 428 g/mol. The fourth-order valence-electron chi connectivity index (χ4n) is 2.99. The van der Waals surface area contributed by atoms with Gasteiger partial charge in [-0.2, -0.15) is 4.72 Å². The number of carbonyl (C=O) groups is 1. The Morgan fingerprint density at radius 3 is 2.53 bits per heavy atom. The lowest BCUT2D eigenvalue weighted by Gasteiger charge is -2.19. The standard InChI is InChI=1S/C22H24N2O5S/c1-16-10-11-20(28-2)21(13-16)30(26,27)24-19(14-17-7-4-3-5-8-17)22(25)23-15-18-9-6-12-29-18/h3-13,19,24H,14-15H2,1-2H3,(H,23,25). The van der Waals surface area contributed by atoms with Gasteiger partial charge in [0.05, 0.1) is 19.9 Å². The van der Waals surface area contributed by atoms with Crippen molar-refractivity contribution in [3.8, 4) is 5.75 Å². The molecule has 0 radical (unpaired) electrons. The van der Waals surface area contributed by atoms with Crippen molar-refractivity contribution < 1.29 is 22.4 Å². The number of carbonyl (C=O) groups excluding carboxylic acids is 1. The second-order valence-electron chi connectivity index (χ2n) is 6.82. The zero-order valence-corrected chi connectivity index (χ0v) is 17.6. The third-order valence-corrected chi connectivity index (χ3v) is 6.02. The molecule has 7 nitrogen and oxygen atoms in total. The minimum atomic E-state index is -4.02. The van der Waals surface area contributed by atoms with E-state index in [1.165, 1.54) is 19.4 Å². The number of sulfonamides is 1. The highest BCUT2D eigenvalue weighted by molar-refractivity contribution is 7.89. The first-order valence-corrected chi connectivity index (χ1v) is 10.9. The SMILES string of the molecule is COc1ccc(C)cc1S(=O)(=O)NC(Cc1ccccc1)C(=O)NCc1ccco1. The van der Waals surface area contributed by atoms with Gasteiger partial charge >= 0.3 is 0 Å². The Kier molecular flexibility index (Phi) is 6.91. The number of hydrogen-bond donors (Lipinski definition) is 2. The van der Waals surface area contributed by atoms with Crippen LogP contribution < -0.4 is 14.8 Å². The predicted molar refractivity (Wildman–Crippen MR) is 113 cm³/mol. The molecule has 1 unspecified atom stereocenters. The number of ether oxygens (including phenoxy) is 1. The maximum Gasteiger partial charge on any atom is 0.244 e. The van der Waals surface area contributed by atoms with Gasteiger partial charge in [-0.3, -0.25) is 4.79 Å². The molecule has 0 aliphatic heterocycles. The minimum absolute atomic E-state index is 0.0121. The van der Waals surface area contributed by atoms with Crippen LogP contribution >= 0.6 is 0 Å². The quantitative estimate of drug-likeness (QED) is 0.546. The molecule has 8 heteroatoms. The topological polar surface area (TPSA) is 97.6 Å². The van der Waals surface area contributed by atoms with Crippen molar-refractivity contribution in [2.24, 2.45) is 0 Å². The van der Waals surface area contributed by atoms with E-state index < -0.39 is 22.0 Å². The van der Waals surface area contributed by atoms with E-state index >= 15 is 0 Å². The van der Waals surface area contributed by atoms with Crippen LogP contribution in [0.4, 0.5) is 0 Å². The average molecular weight is 429 g/mol. The summed E-state index contributed by atoms with van der Waals surface area (Å²) in [6.45, 7) is 1.95. The van der Waals surface area contributed by atoms with Crippen LogP contribution in [0.3, 0.4) is 0 Å². The van der Waals surface area contributed by atoms with Crippen molar-refractivity contribution in [1.29, 1.82) is 0 Å². The van der Waals surface area contributed by atoms with Crippen molar-refractivity contribution in [2.75, 3.05) is 7.11 Å². The van der Waals surface area contributed by atoms with Crippen molar-refractivity contribution >= 4 is 15.9 Å². The Bertz CT molecular complexity index is 1080. The van der Waals surface area contributed by atoms with Crippen LogP contribution in [0, 0.1) is 6.92 Å². The highest BCUT2D eigenvalue weighted by atomic mass is 32.2. The molecule has 158 valence electrons. The summed E-state index contributed by atoms with van der Waals surface area (Å²) in [4.78, 5) is 12.9. The van der Waals surface area contributed by atoms with Gasteiger partial charge in [0.1, 0.15) is 22.4 Å². The molecule has 3 aromatic rings. The number of methoxy groups -OCH3 is 1. The first kappa shape index (κ1) is 21.6. The third-order valence-electron chi connectivity index (χ3n) is 4.52. The van der Waals surface area contributed by atoms with Crippen LogP contribution in [0.1, 0.15) is 16.9 Å². The molecule has 1 heterocycles. The number of benzene rings is 2. The number of hydrogen-bond acceptors (Lipinski definition) is 5. The zero-order valence-electron chi connectivity index (χ0n) is 16.8. The molecule has 2 aromatic carbocycles. The van der Waals surface area contributed by atoms with E-state index in [-0.39, 0.29) is 23.6 Å². The third kappa shape index (κ3) is 5.49. The highest BCUT2D eigenvalue weighted by Crippen LogP contribution is 2.25. The van der Waals surface area contributed by atoms with Crippen LogP contribution in [0.15, 0.2) is 76.2 Å². The van der Waals surface area contributed by atoms with E-state index in [0.29, 0.717) is 5.76 Å². The summed E-state index contributed by atoms with van der Waals surface area (Å²) >= 11 is 0.